The molecule has 0 fully saturated rings. The van der Waals surface area contributed by atoms with Crippen molar-refractivity contribution in [2.75, 3.05) is 0 Å². The Morgan fingerprint density at radius 2 is 1.95 bits per heavy atom. The van der Waals surface area contributed by atoms with Crippen LogP contribution in [0, 0.1) is 17.2 Å². The van der Waals surface area contributed by atoms with Crippen LogP contribution in [-0.4, -0.2) is 24.4 Å². The van der Waals surface area contributed by atoms with Gasteiger partial charge in [0.15, 0.2) is 0 Å². The molecule has 0 spiro atoms. The predicted octanol–water partition coefficient (Wildman–Crippen LogP) is 1.60. The summed E-state index contributed by atoms with van der Waals surface area (Å²) in [5.74, 6) is -0.898. The van der Waals surface area contributed by atoms with Crippen LogP contribution in [0.1, 0.15) is 31.1 Å². The van der Waals surface area contributed by atoms with Crippen molar-refractivity contribution in [3.63, 3.8) is 0 Å². The summed E-state index contributed by atoms with van der Waals surface area (Å²) in [6.07, 6.45) is 0. The number of nitrogens with one attached hydrogen (secondary N) is 1. The van der Waals surface area contributed by atoms with Crippen molar-refractivity contribution in [2.45, 2.75) is 31.2 Å². The number of carbonyl (C=O) groups excluding carboxylic acids is 1. The van der Waals surface area contributed by atoms with E-state index in [2.05, 4.69) is 5.32 Å². The molecule has 0 aliphatic heterocycles. The Hall–Kier alpha value is -1.91. The van der Waals surface area contributed by atoms with Gasteiger partial charge in [0.25, 0.3) is 16.0 Å². The second kappa shape index (κ2) is 5.61. The van der Waals surface area contributed by atoms with Gasteiger partial charge in [0.1, 0.15) is 10.4 Å². The van der Waals surface area contributed by atoms with Gasteiger partial charge in [-0.2, -0.15) is 13.7 Å². The molecule has 0 aromatic heterocycles. The maximum atomic E-state index is 12.2. The fourth-order valence-corrected chi connectivity index (χ4v) is 2.17. The molecule has 2 N–H and O–H groups in total. The first-order chi connectivity index (χ1) is 9.12. The van der Waals surface area contributed by atoms with E-state index in [9.17, 15) is 13.2 Å². The van der Waals surface area contributed by atoms with Gasteiger partial charge in [-0.25, -0.2) is 0 Å². The van der Waals surface area contributed by atoms with Gasteiger partial charge in [-0.05, 0) is 25.0 Å². The molecule has 0 radical (unpaired) electrons. The average Bonchev–Trinajstić information content (AvgIpc) is 2.37. The van der Waals surface area contributed by atoms with E-state index in [1.165, 1.54) is 18.2 Å². The second-order valence-electron chi connectivity index (χ2n) is 4.89. The van der Waals surface area contributed by atoms with Crippen molar-refractivity contribution in [1.82, 2.24) is 5.32 Å². The number of nitriles is 1. The van der Waals surface area contributed by atoms with Gasteiger partial charge in [-0.3, -0.25) is 9.35 Å². The molecule has 1 aromatic carbocycles. The molecule has 0 saturated carbocycles. The summed E-state index contributed by atoms with van der Waals surface area (Å²) in [7, 11) is -4.50. The molecule has 6 nitrogen and oxygen atoms in total. The molecule has 20 heavy (non-hydrogen) atoms. The molecule has 1 atom stereocenters. The summed E-state index contributed by atoms with van der Waals surface area (Å²) in [6, 6.07) is 7.27. The molecule has 0 aliphatic carbocycles. The third kappa shape index (κ3) is 3.35. The van der Waals surface area contributed by atoms with Crippen LogP contribution in [0.4, 0.5) is 0 Å². The van der Waals surface area contributed by atoms with E-state index in [1.54, 1.807) is 20.8 Å². The number of benzene rings is 1. The van der Waals surface area contributed by atoms with Crippen molar-refractivity contribution in [1.29, 1.82) is 5.26 Å². The van der Waals surface area contributed by atoms with E-state index < -0.39 is 26.5 Å². The lowest BCUT2D eigenvalue weighted by Gasteiger charge is -2.27. The number of hydrogen-bond donors (Lipinski definition) is 2. The monoisotopic (exact) mass is 296 g/mol. The van der Waals surface area contributed by atoms with Gasteiger partial charge < -0.3 is 5.32 Å². The molecule has 1 aromatic rings. The molecular formula is C13H16N2O4S. The lowest BCUT2D eigenvalue weighted by atomic mass is 9.90. The van der Waals surface area contributed by atoms with Crippen LogP contribution in [0.5, 0.6) is 0 Å². The number of nitrogens with zero attached hydrogens (tertiary/aromatic N) is 1. The quantitative estimate of drug-likeness (QED) is 0.821. The number of amides is 1. The Balaban J connectivity index is 3.22. The van der Waals surface area contributed by atoms with Crippen molar-refractivity contribution < 1.29 is 17.8 Å². The minimum absolute atomic E-state index is 0.172. The van der Waals surface area contributed by atoms with Gasteiger partial charge >= 0.3 is 0 Å². The summed E-state index contributed by atoms with van der Waals surface area (Å²) in [5.41, 5.74) is -1.33. The minimum atomic E-state index is -4.50. The zero-order valence-corrected chi connectivity index (χ0v) is 12.2. The summed E-state index contributed by atoms with van der Waals surface area (Å²) < 4.78 is 31.6. The summed E-state index contributed by atoms with van der Waals surface area (Å²) in [5, 5.41) is 11.6. The number of carbonyl (C=O) groups is 1. The summed E-state index contributed by atoms with van der Waals surface area (Å²) >= 11 is 0. The number of hydrogen-bond acceptors (Lipinski definition) is 4. The van der Waals surface area contributed by atoms with Crippen LogP contribution in [-0.2, 0) is 10.1 Å². The Bertz CT molecular complexity index is 661. The maximum absolute atomic E-state index is 12.2. The van der Waals surface area contributed by atoms with Gasteiger partial charge in [0.05, 0.1) is 11.6 Å². The highest BCUT2D eigenvalue weighted by atomic mass is 32.2. The van der Waals surface area contributed by atoms with E-state index in [4.69, 9.17) is 9.81 Å². The molecule has 0 heterocycles. The van der Waals surface area contributed by atoms with E-state index in [0.29, 0.717) is 0 Å². The average molecular weight is 296 g/mol. The first kappa shape index (κ1) is 16.1. The molecular weight excluding hydrogens is 280 g/mol. The summed E-state index contributed by atoms with van der Waals surface area (Å²) in [4.78, 5) is 11.7. The third-order valence-corrected chi connectivity index (χ3v) is 4.08. The van der Waals surface area contributed by atoms with Crippen molar-refractivity contribution in [2.24, 2.45) is 5.92 Å². The van der Waals surface area contributed by atoms with Gasteiger partial charge in [-0.15, -0.1) is 0 Å². The molecule has 1 unspecified atom stereocenters. The van der Waals surface area contributed by atoms with Crippen LogP contribution in [0.3, 0.4) is 0 Å². The standard InChI is InChI=1S/C13H16N2O4S/c1-9(2)13(3,8-14)15-12(16)10-6-4-5-7-11(10)20(17,18)19/h4-7,9H,1-3H3,(H,15,16)(H,17,18,19). The van der Waals surface area contributed by atoms with Crippen LogP contribution < -0.4 is 5.32 Å². The van der Waals surface area contributed by atoms with E-state index in [-0.39, 0.29) is 11.5 Å². The van der Waals surface area contributed by atoms with E-state index in [1.807, 2.05) is 6.07 Å². The topological polar surface area (TPSA) is 107 Å². The highest BCUT2D eigenvalue weighted by molar-refractivity contribution is 7.86. The van der Waals surface area contributed by atoms with Crippen molar-refractivity contribution >= 4 is 16.0 Å². The summed E-state index contributed by atoms with van der Waals surface area (Å²) in [6.45, 7) is 5.07. The molecule has 0 aliphatic rings. The number of rotatable bonds is 4. The molecule has 1 amide bonds. The fraction of sp³-hybridized carbons (Fsp3) is 0.385. The zero-order chi connectivity index (χ0) is 15.6. The SMILES string of the molecule is CC(C)C(C)(C#N)NC(=O)c1ccccc1S(=O)(=O)O. The minimum Gasteiger partial charge on any atom is -0.334 e. The normalized spacial score (nSPS) is 14.4. The maximum Gasteiger partial charge on any atom is 0.295 e. The Morgan fingerprint density at radius 1 is 1.40 bits per heavy atom. The van der Waals surface area contributed by atoms with Gasteiger partial charge in [0.2, 0.25) is 0 Å². The lowest BCUT2D eigenvalue weighted by molar-refractivity contribution is 0.0904. The van der Waals surface area contributed by atoms with Crippen molar-refractivity contribution in [3.05, 3.63) is 29.8 Å². The van der Waals surface area contributed by atoms with Crippen LogP contribution in [0.15, 0.2) is 29.2 Å². The highest BCUT2D eigenvalue weighted by Crippen LogP contribution is 2.19. The Kier molecular flexibility index (Phi) is 4.53. The highest BCUT2D eigenvalue weighted by Gasteiger charge is 2.32. The third-order valence-electron chi connectivity index (χ3n) is 3.17. The first-order valence-electron chi connectivity index (χ1n) is 5.92. The van der Waals surface area contributed by atoms with Crippen LogP contribution >= 0.6 is 0 Å². The molecule has 0 bridgehead atoms. The zero-order valence-electron chi connectivity index (χ0n) is 11.4. The predicted molar refractivity (Wildman–Crippen MR) is 72.6 cm³/mol. The fourth-order valence-electron chi connectivity index (χ4n) is 1.48. The van der Waals surface area contributed by atoms with Gasteiger partial charge in [-0.1, -0.05) is 26.0 Å². The van der Waals surface area contributed by atoms with Crippen LogP contribution in [0.25, 0.3) is 0 Å². The largest absolute Gasteiger partial charge is 0.334 e. The second-order valence-corrected chi connectivity index (χ2v) is 6.28. The lowest BCUT2D eigenvalue weighted by Crippen LogP contribution is -2.49. The van der Waals surface area contributed by atoms with E-state index in [0.717, 1.165) is 6.07 Å². The molecule has 7 heteroatoms. The first-order valence-corrected chi connectivity index (χ1v) is 7.36. The Labute approximate surface area is 118 Å². The Morgan fingerprint density at radius 3 is 2.40 bits per heavy atom. The molecule has 108 valence electrons. The molecule has 0 saturated heterocycles. The van der Waals surface area contributed by atoms with Crippen molar-refractivity contribution in [3.8, 4) is 6.07 Å². The van der Waals surface area contributed by atoms with E-state index >= 15 is 0 Å². The molecule has 1 rings (SSSR count). The smallest absolute Gasteiger partial charge is 0.295 e. The van der Waals surface area contributed by atoms with Gasteiger partial charge in [0, 0.05) is 0 Å². The van der Waals surface area contributed by atoms with Crippen LogP contribution in [0.2, 0.25) is 0 Å².